The van der Waals surface area contributed by atoms with E-state index < -0.39 is 10.0 Å². The number of aromatic nitrogens is 4. The highest BCUT2D eigenvalue weighted by molar-refractivity contribution is 7.92. The molecule has 2 aliphatic rings. The SMILES string of the molecule is Cc1cccc(C)c1-c1cc2nc(n1)NS(=O)(=O)c1cccc(c1)C(=O)CN(Cc1cncc(NC3CCOC3)n1)[C@H](CC(C)(C)C)CO2.[HH].[HH]. The fraction of sp³-hybridized carbons (Fsp3) is 0.417. The number of anilines is 2. The van der Waals surface area contributed by atoms with Crippen LogP contribution in [0, 0.1) is 19.3 Å². The molecule has 4 aromatic rings. The number of nitrogens with zero attached hydrogens (tertiary/aromatic N) is 5. The number of benzene rings is 2. The summed E-state index contributed by atoms with van der Waals surface area (Å²) in [5.41, 5.74) is 4.18. The fourth-order valence-electron chi connectivity index (χ4n) is 6.30. The Balaban J connectivity index is 0.00000292. The summed E-state index contributed by atoms with van der Waals surface area (Å²) in [7, 11) is -4.15. The van der Waals surface area contributed by atoms with Crippen molar-refractivity contribution >= 4 is 27.6 Å². The van der Waals surface area contributed by atoms with Gasteiger partial charge in [-0.05, 0) is 55.4 Å². The van der Waals surface area contributed by atoms with Crippen LogP contribution < -0.4 is 14.8 Å². The topological polar surface area (TPSA) is 149 Å². The van der Waals surface area contributed by atoms with Crippen molar-refractivity contribution in [2.45, 2.75) is 71.0 Å². The summed E-state index contributed by atoms with van der Waals surface area (Å²) in [6, 6.07) is 13.6. The maximum absolute atomic E-state index is 13.9. The molecule has 0 spiro atoms. The van der Waals surface area contributed by atoms with E-state index in [4.69, 9.17) is 14.5 Å². The monoisotopic (exact) mass is 689 g/mol. The van der Waals surface area contributed by atoms with Crippen LogP contribution in [0.4, 0.5) is 11.8 Å². The Morgan fingerprint density at radius 3 is 2.53 bits per heavy atom. The molecule has 2 atom stereocenters. The summed E-state index contributed by atoms with van der Waals surface area (Å²) in [4.78, 5) is 34.3. The maximum atomic E-state index is 13.9. The van der Waals surface area contributed by atoms with Crippen molar-refractivity contribution in [2.75, 3.05) is 36.4 Å². The molecule has 2 aromatic carbocycles. The molecule has 0 aliphatic carbocycles. The van der Waals surface area contributed by atoms with Crippen LogP contribution in [0.3, 0.4) is 0 Å². The van der Waals surface area contributed by atoms with Crippen molar-refractivity contribution in [3.8, 4) is 17.1 Å². The molecule has 2 N–H and O–H groups in total. The van der Waals surface area contributed by atoms with Crippen LogP contribution in [0.25, 0.3) is 11.3 Å². The number of hydrogen-bond donors (Lipinski definition) is 2. The second kappa shape index (κ2) is 14.2. The molecule has 6 rings (SSSR count). The number of fused-ring (bicyclic) bond motifs is 4. The number of hydrogen-bond acceptors (Lipinski definition) is 11. The van der Waals surface area contributed by atoms with Gasteiger partial charge in [-0.1, -0.05) is 51.1 Å². The minimum absolute atomic E-state index is 0. The minimum Gasteiger partial charge on any atom is -0.476 e. The molecule has 0 saturated carbocycles. The first-order valence-electron chi connectivity index (χ1n) is 16.5. The van der Waals surface area contributed by atoms with Crippen molar-refractivity contribution in [1.82, 2.24) is 24.8 Å². The molecule has 13 heteroatoms. The Morgan fingerprint density at radius 2 is 1.80 bits per heavy atom. The molecule has 1 unspecified atom stereocenters. The van der Waals surface area contributed by atoms with Crippen molar-refractivity contribution in [2.24, 2.45) is 5.41 Å². The molecule has 2 aromatic heterocycles. The average Bonchev–Trinajstić information content (AvgIpc) is 3.55. The number of rotatable bonds is 6. The smallest absolute Gasteiger partial charge is 0.264 e. The summed E-state index contributed by atoms with van der Waals surface area (Å²) < 4.78 is 41.7. The molecule has 0 amide bonds. The number of aryl methyl sites for hydroxylation is 2. The number of ether oxygens (including phenoxy) is 2. The van der Waals surface area contributed by atoms with Gasteiger partial charge in [0, 0.05) is 45.4 Å². The molecule has 1 fully saturated rings. The lowest BCUT2D eigenvalue weighted by molar-refractivity contribution is 0.0714. The van der Waals surface area contributed by atoms with Crippen LogP contribution >= 0.6 is 0 Å². The van der Waals surface area contributed by atoms with E-state index in [0.717, 1.165) is 23.1 Å². The standard InChI is InChI=1S/C36H43N7O5S.2H2/c1-23-8-6-9-24(2)34(23)30-15-33-41-35(40-30)42-49(45,46)29-11-7-10-25(14-29)31(44)20-43(28(22-48-33)16-36(3,4)5)19-27-17-37-18-32(39-27)38-26-12-13-47-21-26;;/h6-11,14-15,17-18,26,28H,12-13,16,19-22H2,1-5H3,(H,38,39)(H,40,41,42);2*1H/t26?,28-;;/m1../s1. The fourth-order valence-corrected chi connectivity index (χ4v) is 7.29. The predicted molar refractivity (Wildman–Crippen MR) is 191 cm³/mol. The molecule has 2 aliphatic heterocycles. The highest BCUT2D eigenvalue weighted by Crippen LogP contribution is 2.31. The van der Waals surface area contributed by atoms with E-state index >= 15 is 0 Å². The van der Waals surface area contributed by atoms with Crippen molar-refractivity contribution in [3.63, 3.8) is 0 Å². The van der Waals surface area contributed by atoms with Gasteiger partial charge in [0.05, 0.1) is 41.7 Å². The molecular weight excluding hydrogens is 643 g/mol. The second-order valence-electron chi connectivity index (χ2n) is 14.0. The van der Waals surface area contributed by atoms with E-state index in [-0.39, 0.29) is 61.6 Å². The van der Waals surface area contributed by atoms with Crippen molar-refractivity contribution < 1.29 is 25.5 Å². The summed E-state index contributed by atoms with van der Waals surface area (Å²) >= 11 is 0. The molecule has 1 saturated heterocycles. The highest BCUT2D eigenvalue weighted by atomic mass is 32.2. The molecular formula is C36H47N7O5S. The van der Waals surface area contributed by atoms with Gasteiger partial charge in [-0.3, -0.25) is 14.7 Å². The van der Waals surface area contributed by atoms with Gasteiger partial charge in [0.1, 0.15) is 12.4 Å². The second-order valence-corrected chi connectivity index (χ2v) is 15.7. The molecule has 262 valence electrons. The first-order chi connectivity index (χ1) is 23.3. The summed E-state index contributed by atoms with van der Waals surface area (Å²) in [5.74, 6) is 0.500. The Morgan fingerprint density at radius 1 is 1.02 bits per heavy atom. The molecule has 12 nitrogen and oxygen atoms in total. The van der Waals surface area contributed by atoms with E-state index in [1.807, 2.05) is 36.9 Å². The van der Waals surface area contributed by atoms with Gasteiger partial charge in [0.25, 0.3) is 10.0 Å². The molecule has 4 bridgehead atoms. The van der Waals surface area contributed by atoms with Gasteiger partial charge in [0.2, 0.25) is 11.8 Å². The number of Topliss-reactive ketones (excluding diaryl/α,β-unsaturated/α-hetero) is 1. The zero-order chi connectivity index (χ0) is 34.8. The van der Waals surface area contributed by atoms with Gasteiger partial charge in [-0.15, -0.1) is 0 Å². The van der Waals surface area contributed by atoms with Crippen molar-refractivity contribution in [3.05, 3.63) is 83.3 Å². The van der Waals surface area contributed by atoms with Gasteiger partial charge in [-0.2, -0.15) is 4.98 Å². The number of ketones is 1. The molecule has 49 heavy (non-hydrogen) atoms. The zero-order valence-electron chi connectivity index (χ0n) is 28.6. The lowest BCUT2D eigenvalue weighted by atomic mass is 9.87. The third-order valence-electron chi connectivity index (χ3n) is 8.60. The van der Waals surface area contributed by atoms with Crippen LogP contribution in [0.5, 0.6) is 5.88 Å². The first-order valence-corrected chi connectivity index (χ1v) is 18.0. The Kier molecular flexibility index (Phi) is 9.96. The third-order valence-corrected chi connectivity index (χ3v) is 9.92. The third kappa shape index (κ3) is 8.59. The van der Waals surface area contributed by atoms with Crippen LogP contribution in [0.1, 0.15) is 63.6 Å². The normalized spacial score (nSPS) is 19.8. The van der Waals surface area contributed by atoms with E-state index in [1.165, 1.54) is 12.1 Å². The lowest BCUT2D eigenvalue weighted by Crippen LogP contribution is -2.44. The van der Waals surface area contributed by atoms with E-state index in [0.29, 0.717) is 43.4 Å². The van der Waals surface area contributed by atoms with E-state index in [1.54, 1.807) is 30.6 Å². The van der Waals surface area contributed by atoms with E-state index in [9.17, 15) is 13.2 Å². The summed E-state index contributed by atoms with van der Waals surface area (Å²) in [6.07, 6.45) is 4.95. The zero-order valence-corrected chi connectivity index (χ0v) is 29.4. The highest BCUT2D eigenvalue weighted by Gasteiger charge is 2.30. The Labute approximate surface area is 290 Å². The van der Waals surface area contributed by atoms with Gasteiger partial charge in [-0.25, -0.2) is 23.1 Å². The minimum atomic E-state index is -4.15. The van der Waals surface area contributed by atoms with Crippen LogP contribution in [0.2, 0.25) is 0 Å². The number of carbonyl (C=O) groups is 1. The maximum Gasteiger partial charge on any atom is 0.264 e. The van der Waals surface area contributed by atoms with Gasteiger partial charge < -0.3 is 14.8 Å². The van der Waals surface area contributed by atoms with Crippen LogP contribution in [-0.4, -0.2) is 77.5 Å². The molecule has 0 radical (unpaired) electrons. The van der Waals surface area contributed by atoms with E-state index in [2.05, 4.69) is 45.8 Å². The predicted octanol–water partition coefficient (Wildman–Crippen LogP) is 5.93. The number of sulfonamides is 1. The quantitative estimate of drug-likeness (QED) is 0.248. The largest absolute Gasteiger partial charge is 0.476 e. The summed E-state index contributed by atoms with van der Waals surface area (Å²) in [6.45, 7) is 12.2. The Hall–Kier alpha value is -4.46. The first kappa shape index (κ1) is 34.4. The summed E-state index contributed by atoms with van der Waals surface area (Å²) in [5, 5.41) is 3.40. The number of nitrogens with one attached hydrogen (secondary N) is 2. The number of carbonyl (C=O) groups excluding carboxylic acids is 1. The van der Waals surface area contributed by atoms with Gasteiger partial charge in [0.15, 0.2) is 5.78 Å². The molecule has 4 heterocycles. The van der Waals surface area contributed by atoms with Crippen LogP contribution in [-0.2, 0) is 21.3 Å². The lowest BCUT2D eigenvalue weighted by Gasteiger charge is -2.35. The average molecular weight is 690 g/mol. The Bertz CT molecular complexity index is 1930. The van der Waals surface area contributed by atoms with Gasteiger partial charge >= 0.3 is 0 Å². The van der Waals surface area contributed by atoms with Crippen LogP contribution in [0.15, 0.2) is 65.8 Å². The van der Waals surface area contributed by atoms with Crippen molar-refractivity contribution in [1.29, 1.82) is 0 Å².